The van der Waals surface area contributed by atoms with Crippen LogP contribution in [0.5, 0.6) is 0 Å². The number of aliphatic hydroxyl groups is 2. The van der Waals surface area contributed by atoms with E-state index in [-0.39, 0.29) is 18.5 Å². The van der Waals surface area contributed by atoms with Gasteiger partial charge in [0.05, 0.1) is 25.4 Å². The molecule has 0 aliphatic carbocycles. The van der Waals surface area contributed by atoms with E-state index in [1.807, 2.05) is 0 Å². The molecule has 2 atom stereocenters. The van der Waals surface area contributed by atoms with E-state index in [9.17, 15) is 19.8 Å². The number of ether oxygens (including phenoxy) is 1. The number of esters is 1. The van der Waals surface area contributed by atoms with Crippen LogP contribution in [0.2, 0.25) is 0 Å². The van der Waals surface area contributed by atoms with Crippen molar-refractivity contribution in [1.29, 1.82) is 0 Å². The van der Waals surface area contributed by atoms with Crippen molar-refractivity contribution >= 4 is 11.9 Å². The standard InChI is InChI=1S/C58H113NO5/c1-3-5-7-9-11-13-15-17-18-19-20-21-22-23-24-25-27-30-34-38-42-46-50-56(61)55(54-60)59-57(62)51-47-43-39-35-31-28-29-33-37-41-45-49-53-64-58(63)52-48-44-40-36-32-26-16-14-12-10-8-6-4-2/h14,16,55-56,60-61H,3-13,15,17-54H2,1-2H3,(H,59,62)/b16-14-. The van der Waals surface area contributed by atoms with E-state index in [0.29, 0.717) is 25.9 Å². The van der Waals surface area contributed by atoms with Gasteiger partial charge in [-0.05, 0) is 51.4 Å². The second-order valence-corrected chi connectivity index (χ2v) is 20.0. The van der Waals surface area contributed by atoms with E-state index in [4.69, 9.17) is 4.74 Å². The lowest BCUT2D eigenvalue weighted by Crippen LogP contribution is -2.45. The van der Waals surface area contributed by atoms with Gasteiger partial charge in [-0.2, -0.15) is 0 Å². The molecule has 0 aromatic rings. The molecular weight excluding hydrogens is 791 g/mol. The van der Waals surface area contributed by atoms with Crippen LogP contribution >= 0.6 is 0 Å². The Kier molecular flexibility index (Phi) is 53.0. The highest BCUT2D eigenvalue weighted by Gasteiger charge is 2.20. The molecule has 3 N–H and O–H groups in total. The third-order valence-electron chi connectivity index (χ3n) is 13.6. The molecule has 0 spiro atoms. The van der Waals surface area contributed by atoms with E-state index in [2.05, 4.69) is 31.3 Å². The maximum atomic E-state index is 12.5. The Hall–Kier alpha value is -1.40. The second kappa shape index (κ2) is 54.2. The van der Waals surface area contributed by atoms with E-state index in [0.717, 1.165) is 57.8 Å². The molecule has 0 rings (SSSR count). The van der Waals surface area contributed by atoms with Gasteiger partial charge in [0.25, 0.3) is 0 Å². The summed E-state index contributed by atoms with van der Waals surface area (Å²) in [5.74, 6) is -0.0649. The minimum absolute atomic E-state index is 0.0174. The zero-order valence-electron chi connectivity index (χ0n) is 43.3. The van der Waals surface area contributed by atoms with Gasteiger partial charge < -0.3 is 20.3 Å². The molecule has 1 amide bonds. The average molecular weight is 905 g/mol. The molecular formula is C58H113NO5. The quantitative estimate of drug-likeness (QED) is 0.0321. The Labute approximate surface area is 399 Å². The fourth-order valence-corrected chi connectivity index (χ4v) is 9.11. The van der Waals surface area contributed by atoms with E-state index >= 15 is 0 Å². The van der Waals surface area contributed by atoms with Crippen molar-refractivity contribution in [3.8, 4) is 0 Å². The van der Waals surface area contributed by atoms with E-state index < -0.39 is 12.1 Å². The van der Waals surface area contributed by atoms with Crippen LogP contribution in [0, 0.1) is 0 Å². The molecule has 64 heavy (non-hydrogen) atoms. The van der Waals surface area contributed by atoms with Crippen molar-refractivity contribution in [2.75, 3.05) is 13.2 Å². The number of carbonyl (C=O) groups excluding carboxylic acids is 2. The molecule has 6 nitrogen and oxygen atoms in total. The second-order valence-electron chi connectivity index (χ2n) is 20.0. The molecule has 0 aromatic carbocycles. The number of rotatable bonds is 54. The van der Waals surface area contributed by atoms with Crippen molar-refractivity contribution in [2.45, 2.75) is 334 Å². The third-order valence-corrected chi connectivity index (χ3v) is 13.6. The maximum Gasteiger partial charge on any atom is 0.305 e. The van der Waals surface area contributed by atoms with Gasteiger partial charge in [-0.3, -0.25) is 9.59 Å². The zero-order chi connectivity index (χ0) is 46.5. The minimum Gasteiger partial charge on any atom is -0.466 e. The molecule has 0 radical (unpaired) electrons. The monoisotopic (exact) mass is 904 g/mol. The molecule has 0 fully saturated rings. The van der Waals surface area contributed by atoms with Crippen molar-refractivity contribution in [3.63, 3.8) is 0 Å². The fourth-order valence-electron chi connectivity index (χ4n) is 9.11. The topological polar surface area (TPSA) is 95.9 Å². The number of unbranched alkanes of at least 4 members (excludes halogenated alkanes) is 41. The molecule has 0 aliphatic heterocycles. The zero-order valence-corrected chi connectivity index (χ0v) is 43.3. The van der Waals surface area contributed by atoms with Crippen LogP contribution in [0.15, 0.2) is 12.2 Å². The molecule has 0 aliphatic rings. The highest BCUT2D eigenvalue weighted by atomic mass is 16.5. The Bertz CT molecular complexity index is 955. The van der Waals surface area contributed by atoms with Crippen LogP contribution in [-0.2, 0) is 14.3 Å². The number of amides is 1. The van der Waals surface area contributed by atoms with Crippen molar-refractivity contribution < 1.29 is 24.5 Å². The first-order valence-corrected chi connectivity index (χ1v) is 28.9. The highest BCUT2D eigenvalue weighted by molar-refractivity contribution is 5.76. The lowest BCUT2D eigenvalue weighted by molar-refractivity contribution is -0.143. The summed E-state index contributed by atoms with van der Waals surface area (Å²) >= 11 is 0. The first-order valence-electron chi connectivity index (χ1n) is 28.9. The third kappa shape index (κ3) is 50.0. The molecule has 6 heteroatoms. The van der Waals surface area contributed by atoms with E-state index in [1.165, 1.54) is 231 Å². The maximum absolute atomic E-state index is 12.5. The Morgan fingerprint density at radius 2 is 0.734 bits per heavy atom. The number of aliphatic hydroxyl groups excluding tert-OH is 2. The Morgan fingerprint density at radius 3 is 1.12 bits per heavy atom. The van der Waals surface area contributed by atoms with Crippen LogP contribution < -0.4 is 5.32 Å². The lowest BCUT2D eigenvalue weighted by Gasteiger charge is -2.22. The van der Waals surface area contributed by atoms with Crippen molar-refractivity contribution in [1.82, 2.24) is 5.32 Å². The summed E-state index contributed by atoms with van der Waals surface area (Å²) in [5.41, 5.74) is 0. The minimum atomic E-state index is -0.675. The molecule has 0 saturated heterocycles. The Morgan fingerprint density at radius 1 is 0.422 bits per heavy atom. The average Bonchev–Trinajstić information content (AvgIpc) is 3.29. The van der Waals surface area contributed by atoms with Crippen molar-refractivity contribution in [3.05, 3.63) is 12.2 Å². The van der Waals surface area contributed by atoms with Crippen LogP contribution in [0.25, 0.3) is 0 Å². The number of carbonyl (C=O) groups is 2. The predicted molar refractivity (Wildman–Crippen MR) is 278 cm³/mol. The van der Waals surface area contributed by atoms with Gasteiger partial charge in [-0.1, -0.05) is 270 Å². The summed E-state index contributed by atoms with van der Waals surface area (Å²) < 4.78 is 5.46. The summed E-state index contributed by atoms with van der Waals surface area (Å²) in [6, 6.07) is -0.554. The van der Waals surface area contributed by atoms with Crippen LogP contribution in [0.3, 0.4) is 0 Å². The summed E-state index contributed by atoms with van der Waals surface area (Å²) in [6.07, 6.45) is 63.4. The fraction of sp³-hybridized carbons (Fsp3) is 0.931. The molecule has 380 valence electrons. The first-order chi connectivity index (χ1) is 31.5. The van der Waals surface area contributed by atoms with Crippen LogP contribution in [-0.4, -0.2) is 47.4 Å². The van der Waals surface area contributed by atoms with Gasteiger partial charge in [0.1, 0.15) is 0 Å². The first kappa shape index (κ1) is 62.6. The van der Waals surface area contributed by atoms with Gasteiger partial charge in [0.15, 0.2) is 0 Å². The summed E-state index contributed by atoms with van der Waals surface area (Å²) in [5, 5.41) is 23.3. The number of nitrogens with one attached hydrogen (secondary N) is 1. The molecule has 2 unspecified atom stereocenters. The number of hydrogen-bond donors (Lipinski definition) is 3. The Balaban J connectivity index is 3.45. The SMILES string of the molecule is CCCCCC/C=C\CCCCCCCC(=O)OCCCCCCCCCCCCCCC(=O)NC(CO)C(O)CCCCCCCCCCCCCCCCCCCCCCCC. The van der Waals surface area contributed by atoms with Crippen LogP contribution in [0.4, 0.5) is 0 Å². The van der Waals surface area contributed by atoms with Gasteiger partial charge >= 0.3 is 5.97 Å². The van der Waals surface area contributed by atoms with Gasteiger partial charge in [-0.15, -0.1) is 0 Å². The predicted octanol–water partition coefficient (Wildman–Crippen LogP) is 17.7. The number of allylic oxidation sites excluding steroid dienone is 2. The summed E-state index contributed by atoms with van der Waals surface area (Å²) in [4.78, 5) is 24.5. The smallest absolute Gasteiger partial charge is 0.305 e. The van der Waals surface area contributed by atoms with E-state index in [1.54, 1.807) is 0 Å². The normalized spacial score (nSPS) is 12.6. The lowest BCUT2D eigenvalue weighted by atomic mass is 10.0. The number of hydrogen-bond acceptors (Lipinski definition) is 5. The summed E-state index contributed by atoms with van der Waals surface area (Å²) in [7, 11) is 0. The van der Waals surface area contributed by atoms with Crippen molar-refractivity contribution in [2.24, 2.45) is 0 Å². The molecule has 0 heterocycles. The van der Waals surface area contributed by atoms with Gasteiger partial charge in [0.2, 0.25) is 5.91 Å². The van der Waals surface area contributed by atoms with Gasteiger partial charge in [0, 0.05) is 12.8 Å². The van der Waals surface area contributed by atoms with Gasteiger partial charge in [-0.25, -0.2) is 0 Å². The molecule has 0 bridgehead atoms. The molecule has 0 saturated carbocycles. The largest absolute Gasteiger partial charge is 0.466 e. The van der Waals surface area contributed by atoms with Crippen LogP contribution in [0.1, 0.15) is 322 Å². The summed E-state index contributed by atoms with van der Waals surface area (Å²) in [6.45, 7) is 4.92. The molecule has 0 aromatic heterocycles. The highest BCUT2D eigenvalue weighted by Crippen LogP contribution is 2.18.